The Morgan fingerprint density at radius 1 is 0.667 bits per heavy atom. The highest BCUT2D eigenvalue weighted by Crippen LogP contribution is 2.59. The Hall–Kier alpha value is -2.94. The Kier molecular flexibility index (Phi) is 2.69. The highest BCUT2D eigenvalue weighted by atomic mass is 16.5. The zero-order chi connectivity index (χ0) is 16.3. The maximum absolute atomic E-state index is 6.20. The van der Waals surface area contributed by atoms with Crippen LogP contribution in [0.2, 0.25) is 0 Å². The first-order chi connectivity index (χ1) is 11.8. The molecular formula is C21H18N2O. The number of fused-ring (bicyclic) bond motifs is 4. The van der Waals surface area contributed by atoms with Crippen LogP contribution in [0.25, 0.3) is 0 Å². The Morgan fingerprint density at radius 3 is 2.08 bits per heavy atom. The molecule has 0 unspecified atom stereocenters. The molecule has 24 heavy (non-hydrogen) atoms. The average Bonchev–Trinajstić information content (AvgIpc) is 2.61. The van der Waals surface area contributed by atoms with Crippen molar-refractivity contribution in [1.29, 1.82) is 0 Å². The molecule has 2 aliphatic rings. The lowest BCUT2D eigenvalue weighted by Crippen LogP contribution is -2.33. The number of para-hydroxylation sites is 5. The van der Waals surface area contributed by atoms with E-state index in [1.54, 1.807) is 0 Å². The second-order valence-electron chi connectivity index (χ2n) is 6.48. The van der Waals surface area contributed by atoms with Crippen LogP contribution in [-0.4, -0.2) is 6.04 Å². The fraction of sp³-hybridized carbons (Fsp3) is 0.143. The monoisotopic (exact) mass is 314 g/mol. The van der Waals surface area contributed by atoms with E-state index in [0.29, 0.717) is 6.04 Å². The van der Waals surface area contributed by atoms with Crippen molar-refractivity contribution in [2.45, 2.75) is 19.9 Å². The normalized spacial score (nSPS) is 14.0. The fourth-order valence-electron chi connectivity index (χ4n) is 3.77. The summed E-state index contributed by atoms with van der Waals surface area (Å²) >= 11 is 0. The van der Waals surface area contributed by atoms with Crippen LogP contribution in [0, 0.1) is 0 Å². The Balaban J connectivity index is 1.88. The van der Waals surface area contributed by atoms with E-state index in [4.69, 9.17) is 4.74 Å². The highest BCUT2D eigenvalue weighted by molar-refractivity contribution is 6.02. The van der Waals surface area contributed by atoms with Gasteiger partial charge in [0.2, 0.25) is 0 Å². The molecule has 2 aliphatic heterocycles. The van der Waals surface area contributed by atoms with Gasteiger partial charge in [-0.05, 0) is 50.2 Å². The van der Waals surface area contributed by atoms with E-state index in [1.807, 2.05) is 18.2 Å². The number of anilines is 5. The fourth-order valence-corrected chi connectivity index (χ4v) is 3.77. The summed E-state index contributed by atoms with van der Waals surface area (Å²) < 4.78 is 6.20. The molecule has 3 nitrogen and oxygen atoms in total. The molecule has 0 aromatic heterocycles. The Morgan fingerprint density at radius 2 is 1.29 bits per heavy atom. The number of ether oxygens (including phenoxy) is 1. The van der Waals surface area contributed by atoms with Crippen LogP contribution in [0.3, 0.4) is 0 Å². The summed E-state index contributed by atoms with van der Waals surface area (Å²) in [5.41, 5.74) is 5.84. The quantitative estimate of drug-likeness (QED) is 0.421. The van der Waals surface area contributed by atoms with Crippen LogP contribution in [-0.2, 0) is 0 Å². The standard InChI is InChI=1S/C21H18N2O/c1-14(2)22-15-8-3-4-9-16(15)23-17-10-5-6-12-19(17)24-20-13-7-11-18(22)21(20)23/h3-14H,1-2H3. The molecule has 3 aromatic carbocycles. The van der Waals surface area contributed by atoms with E-state index in [0.717, 1.165) is 22.9 Å². The molecule has 0 saturated carbocycles. The van der Waals surface area contributed by atoms with Crippen molar-refractivity contribution < 1.29 is 4.74 Å². The summed E-state index contributed by atoms with van der Waals surface area (Å²) in [5, 5.41) is 0. The lowest BCUT2D eigenvalue weighted by Gasteiger charge is -2.44. The largest absolute Gasteiger partial charge is 0.453 e. The van der Waals surface area contributed by atoms with Gasteiger partial charge in [0.1, 0.15) is 5.69 Å². The molecule has 0 saturated heterocycles. The van der Waals surface area contributed by atoms with Gasteiger partial charge in [0, 0.05) is 6.04 Å². The smallest absolute Gasteiger partial charge is 0.153 e. The maximum atomic E-state index is 6.20. The van der Waals surface area contributed by atoms with Crippen LogP contribution < -0.4 is 14.5 Å². The minimum Gasteiger partial charge on any atom is -0.453 e. The lowest BCUT2D eigenvalue weighted by molar-refractivity contribution is 0.476. The molecule has 5 rings (SSSR count). The Bertz CT molecular complexity index is 948. The van der Waals surface area contributed by atoms with Crippen LogP contribution in [0.5, 0.6) is 11.5 Å². The SMILES string of the molecule is CC(C)N1c2ccccc2N2c3ccccc3Oc3cccc1c32. The minimum atomic E-state index is 0.358. The minimum absolute atomic E-state index is 0.358. The van der Waals surface area contributed by atoms with Gasteiger partial charge in [-0.2, -0.15) is 0 Å². The average molecular weight is 314 g/mol. The number of nitrogens with zero attached hydrogens (tertiary/aromatic N) is 2. The van der Waals surface area contributed by atoms with Crippen molar-refractivity contribution >= 4 is 28.4 Å². The van der Waals surface area contributed by atoms with E-state index in [-0.39, 0.29) is 0 Å². The molecule has 3 aromatic rings. The van der Waals surface area contributed by atoms with Crippen LogP contribution in [0.15, 0.2) is 66.7 Å². The number of benzene rings is 3. The summed E-state index contributed by atoms with van der Waals surface area (Å²) in [4.78, 5) is 4.72. The molecule has 0 atom stereocenters. The summed E-state index contributed by atoms with van der Waals surface area (Å²) in [6, 6.07) is 23.5. The first-order valence-electron chi connectivity index (χ1n) is 8.34. The van der Waals surface area contributed by atoms with Gasteiger partial charge in [0.05, 0.1) is 22.7 Å². The van der Waals surface area contributed by atoms with Crippen molar-refractivity contribution in [2.24, 2.45) is 0 Å². The number of hydrogen-bond donors (Lipinski definition) is 0. The topological polar surface area (TPSA) is 15.7 Å². The van der Waals surface area contributed by atoms with Gasteiger partial charge < -0.3 is 9.64 Å². The predicted molar refractivity (Wildman–Crippen MR) is 98.5 cm³/mol. The van der Waals surface area contributed by atoms with E-state index in [2.05, 4.69) is 72.2 Å². The molecule has 2 heterocycles. The van der Waals surface area contributed by atoms with Crippen molar-refractivity contribution in [3.05, 3.63) is 66.7 Å². The van der Waals surface area contributed by atoms with E-state index < -0.39 is 0 Å². The molecular weight excluding hydrogens is 296 g/mol. The second-order valence-corrected chi connectivity index (χ2v) is 6.48. The summed E-state index contributed by atoms with van der Waals surface area (Å²) in [5.74, 6) is 1.81. The highest BCUT2D eigenvalue weighted by Gasteiger charge is 2.36. The Labute approximate surface area is 141 Å². The zero-order valence-corrected chi connectivity index (χ0v) is 13.7. The van der Waals surface area contributed by atoms with Crippen LogP contribution >= 0.6 is 0 Å². The molecule has 0 aliphatic carbocycles. The third kappa shape index (κ3) is 1.67. The third-order valence-corrected chi connectivity index (χ3v) is 4.69. The number of hydrogen-bond acceptors (Lipinski definition) is 3. The second kappa shape index (κ2) is 4.78. The van der Waals surface area contributed by atoms with Crippen molar-refractivity contribution in [3.63, 3.8) is 0 Å². The predicted octanol–water partition coefficient (Wildman–Crippen LogP) is 6.12. The summed E-state index contributed by atoms with van der Waals surface area (Å²) in [6.45, 7) is 4.45. The van der Waals surface area contributed by atoms with E-state index >= 15 is 0 Å². The van der Waals surface area contributed by atoms with Gasteiger partial charge in [0.15, 0.2) is 11.5 Å². The van der Waals surface area contributed by atoms with Gasteiger partial charge in [-0.1, -0.05) is 30.3 Å². The third-order valence-electron chi connectivity index (χ3n) is 4.69. The zero-order valence-electron chi connectivity index (χ0n) is 13.7. The summed E-state index contributed by atoms with van der Waals surface area (Å²) in [6.07, 6.45) is 0. The van der Waals surface area contributed by atoms with Crippen molar-refractivity contribution in [3.8, 4) is 11.5 Å². The molecule has 0 N–H and O–H groups in total. The summed E-state index contributed by atoms with van der Waals surface area (Å²) in [7, 11) is 0. The van der Waals surface area contributed by atoms with E-state index in [9.17, 15) is 0 Å². The van der Waals surface area contributed by atoms with Crippen molar-refractivity contribution in [2.75, 3.05) is 9.80 Å². The first-order valence-corrected chi connectivity index (χ1v) is 8.34. The molecule has 3 heteroatoms. The van der Waals surface area contributed by atoms with Crippen LogP contribution in [0.4, 0.5) is 28.4 Å². The van der Waals surface area contributed by atoms with Gasteiger partial charge in [-0.25, -0.2) is 0 Å². The molecule has 0 amide bonds. The van der Waals surface area contributed by atoms with Gasteiger partial charge >= 0.3 is 0 Å². The maximum Gasteiger partial charge on any atom is 0.153 e. The molecule has 0 radical (unpaired) electrons. The molecule has 0 bridgehead atoms. The van der Waals surface area contributed by atoms with Crippen molar-refractivity contribution in [1.82, 2.24) is 0 Å². The van der Waals surface area contributed by atoms with E-state index in [1.165, 1.54) is 17.1 Å². The number of rotatable bonds is 1. The van der Waals surface area contributed by atoms with Gasteiger partial charge in [-0.15, -0.1) is 0 Å². The molecule has 0 fully saturated rings. The van der Waals surface area contributed by atoms with Gasteiger partial charge in [-0.3, -0.25) is 4.90 Å². The molecule has 118 valence electrons. The lowest BCUT2D eigenvalue weighted by atomic mass is 10.0. The van der Waals surface area contributed by atoms with Gasteiger partial charge in [0.25, 0.3) is 0 Å². The first kappa shape index (κ1) is 13.5. The van der Waals surface area contributed by atoms with Crippen LogP contribution in [0.1, 0.15) is 13.8 Å². The molecule has 0 spiro atoms.